The molecule has 240 valence electrons. The van der Waals surface area contributed by atoms with Gasteiger partial charge in [-0.05, 0) is 51.4 Å². The minimum Gasteiger partial charge on any atom is -0.544 e. The predicted octanol–water partition coefficient (Wildman–Crippen LogP) is 5.62. The molecule has 0 rings (SSSR count). The number of rotatable bonds is 26. The summed E-state index contributed by atoms with van der Waals surface area (Å²) in [6.45, 7) is 4.12. The maximum absolute atomic E-state index is 12.4. The smallest absolute Gasteiger partial charge is 0.306 e. The Morgan fingerprint density at radius 2 is 1.33 bits per heavy atom. The number of carbonyl (C=O) groups excluding carboxylic acids is 3. The first-order valence-corrected chi connectivity index (χ1v) is 15.7. The van der Waals surface area contributed by atoms with Crippen LogP contribution in [0.1, 0.15) is 97.3 Å². The fraction of sp³-hybridized carbons (Fsp3) is 0.676. The Labute approximate surface area is 255 Å². The van der Waals surface area contributed by atoms with Crippen LogP contribution in [-0.2, 0) is 28.6 Å². The van der Waals surface area contributed by atoms with E-state index in [1.165, 1.54) is 0 Å². The molecule has 0 aliphatic heterocycles. The van der Waals surface area contributed by atoms with Crippen molar-refractivity contribution in [2.24, 2.45) is 0 Å². The molecule has 0 saturated carbocycles. The fourth-order valence-corrected chi connectivity index (χ4v) is 4.04. The third kappa shape index (κ3) is 23.9. The van der Waals surface area contributed by atoms with Gasteiger partial charge in [-0.1, -0.05) is 75.3 Å². The van der Waals surface area contributed by atoms with Crippen molar-refractivity contribution in [1.82, 2.24) is 0 Å². The number of nitrogens with zero attached hydrogens (tertiary/aromatic N) is 1. The first-order valence-electron chi connectivity index (χ1n) is 15.7. The Hall–Kier alpha value is -2.71. The van der Waals surface area contributed by atoms with E-state index in [9.17, 15) is 19.5 Å². The molecule has 0 radical (unpaired) electrons. The van der Waals surface area contributed by atoms with Crippen molar-refractivity contribution in [3.05, 3.63) is 48.6 Å². The minimum absolute atomic E-state index is 0.0247. The van der Waals surface area contributed by atoms with Crippen LogP contribution in [0.4, 0.5) is 0 Å². The molecule has 0 saturated heterocycles. The molecule has 0 aliphatic carbocycles. The number of hydrogen-bond acceptors (Lipinski definition) is 7. The van der Waals surface area contributed by atoms with Gasteiger partial charge in [0.1, 0.15) is 12.6 Å². The monoisotopic (exact) mass is 591 g/mol. The Bertz CT molecular complexity index is 839. The number of quaternary nitrogens is 1. The average molecular weight is 592 g/mol. The van der Waals surface area contributed by atoms with E-state index in [0.29, 0.717) is 12.8 Å². The highest BCUT2D eigenvalue weighted by Crippen LogP contribution is 2.10. The van der Waals surface area contributed by atoms with Crippen LogP contribution in [0.25, 0.3) is 0 Å². The standard InChI is InChI=1S/C34H57NO7/c1-6-8-9-10-11-12-13-14-15-16-17-18-19-20-21-22-23-25-33(37)42-30(29-41-32(36)24-7-2)28-40-27-26-31(34(38)39)35(3,4)5/h8-9,11-12,14-15,17-18,30-31H,6-7,10,13,16,19-29H2,1-5H3/b9-8-,12-11-,15-14-,18-17-. The molecule has 2 atom stereocenters. The number of carboxylic acids is 1. The molecule has 0 heterocycles. The van der Waals surface area contributed by atoms with Crippen LogP contribution in [0.15, 0.2) is 48.6 Å². The second-order valence-electron chi connectivity index (χ2n) is 11.3. The summed E-state index contributed by atoms with van der Waals surface area (Å²) in [4.78, 5) is 35.6. The number of aliphatic carboxylic acids is 1. The number of likely N-dealkylation sites (N-methyl/N-ethyl adjacent to an activating group) is 1. The van der Waals surface area contributed by atoms with Crippen molar-refractivity contribution in [2.45, 2.75) is 109 Å². The molecule has 0 spiro atoms. The van der Waals surface area contributed by atoms with Crippen LogP contribution in [0.5, 0.6) is 0 Å². The average Bonchev–Trinajstić information content (AvgIpc) is 2.92. The first-order chi connectivity index (χ1) is 20.1. The molecule has 8 heteroatoms. The number of hydrogen-bond donors (Lipinski definition) is 0. The van der Waals surface area contributed by atoms with Crippen molar-refractivity contribution in [1.29, 1.82) is 0 Å². The zero-order valence-electron chi connectivity index (χ0n) is 26.9. The second-order valence-corrected chi connectivity index (χ2v) is 11.3. The fourth-order valence-electron chi connectivity index (χ4n) is 4.04. The summed E-state index contributed by atoms with van der Waals surface area (Å²) < 4.78 is 16.6. The number of allylic oxidation sites excluding steroid dienone is 8. The van der Waals surface area contributed by atoms with E-state index in [0.717, 1.165) is 57.8 Å². The van der Waals surface area contributed by atoms with E-state index in [2.05, 4.69) is 55.5 Å². The van der Waals surface area contributed by atoms with E-state index in [-0.39, 0.29) is 49.1 Å². The summed E-state index contributed by atoms with van der Waals surface area (Å²) in [5, 5.41) is 11.4. The number of carboxylic acid groups (broad SMARTS) is 1. The lowest BCUT2D eigenvalue weighted by Crippen LogP contribution is -2.55. The summed E-state index contributed by atoms with van der Waals surface area (Å²) >= 11 is 0. The number of unbranched alkanes of at least 4 members (excludes halogenated alkanes) is 4. The summed E-state index contributed by atoms with van der Waals surface area (Å²) in [5.41, 5.74) is 0. The van der Waals surface area contributed by atoms with Crippen molar-refractivity contribution < 1.29 is 38.2 Å². The van der Waals surface area contributed by atoms with Crippen molar-refractivity contribution in [2.75, 3.05) is 41.0 Å². The third-order valence-corrected chi connectivity index (χ3v) is 6.45. The lowest BCUT2D eigenvalue weighted by molar-refractivity contribution is -0.889. The predicted molar refractivity (Wildman–Crippen MR) is 166 cm³/mol. The molecule has 8 nitrogen and oxygen atoms in total. The van der Waals surface area contributed by atoms with Crippen LogP contribution < -0.4 is 5.11 Å². The van der Waals surface area contributed by atoms with Gasteiger partial charge in [0.05, 0.1) is 40.3 Å². The van der Waals surface area contributed by atoms with Gasteiger partial charge in [0.2, 0.25) is 0 Å². The quantitative estimate of drug-likeness (QED) is 0.0557. The van der Waals surface area contributed by atoms with Gasteiger partial charge in [0.25, 0.3) is 0 Å². The van der Waals surface area contributed by atoms with Gasteiger partial charge in [0, 0.05) is 19.3 Å². The van der Waals surface area contributed by atoms with E-state index in [1.807, 2.05) is 6.92 Å². The highest BCUT2D eigenvalue weighted by Gasteiger charge is 2.25. The van der Waals surface area contributed by atoms with Gasteiger partial charge in [-0.25, -0.2) is 0 Å². The van der Waals surface area contributed by atoms with Gasteiger partial charge < -0.3 is 28.6 Å². The molecule has 0 N–H and O–H groups in total. The zero-order chi connectivity index (χ0) is 31.5. The molecule has 0 aromatic carbocycles. The lowest BCUT2D eigenvalue weighted by atomic mass is 10.1. The van der Waals surface area contributed by atoms with Gasteiger partial charge in [-0.15, -0.1) is 0 Å². The van der Waals surface area contributed by atoms with Crippen LogP contribution in [0, 0.1) is 0 Å². The lowest BCUT2D eigenvalue weighted by Gasteiger charge is -2.34. The number of esters is 2. The van der Waals surface area contributed by atoms with Gasteiger partial charge in [-0.3, -0.25) is 9.59 Å². The summed E-state index contributed by atoms with van der Waals surface area (Å²) in [5.74, 6) is -1.84. The van der Waals surface area contributed by atoms with Gasteiger partial charge >= 0.3 is 11.9 Å². The minimum atomic E-state index is -1.14. The van der Waals surface area contributed by atoms with E-state index in [1.54, 1.807) is 21.1 Å². The van der Waals surface area contributed by atoms with Gasteiger partial charge in [0.15, 0.2) is 6.10 Å². The largest absolute Gasteiger partial charge is 0.544 e. The van der Waals surface area contributed by atoms with Crippen LogP contribution >= 0.6 is 0 Å². The Kier molecular flexibility index (Phi) is 24.3. The molecule has 0 aliphatic rings. The summed E-state index contributed by atoms with van der Waals surface area (Å²) in [6.07, 6.45) is 27.1. The topological polar surface area (TPSA) is 102 Å². The normalized spacial score (nSPS) is 13.8. The van der Waals surface area contributed by atoms with Crippen LogP contribution in [0.3, 0.4) is 0 Å². The molecule has 0 bridgehead atoms. The van der Waals surface area contributed by atoms with Crippen molar-refractivity contribution in [3.8, 4) is 0 Å². The first kappa shape index (κ1) is 39.3. The maximum atomic E-state index is 12.4. The highest BCUT2D eigenvalue weighted by molar-refractivity contribution is 5.70. The van der Waals surface area contributed by atoms with E-state index >= 15 is 0 Å². The Balaban J connectivity index is 4.24. The molecule has 42 heavy (non-hydrogen) atoms. The molecular formula is C34H57NO7. The van der Waals surface area contributed by atoms with E-state index < -0.39 is 18.1 Å². The van der Waals surface area contributed by atoms with Crippen LogP contribution in [-0.4, -0.2) is 75.5 Å². The summed E-state index contributed by atoms with van der Waals surface area (Å²) in [6, 6.07) is -0.726. The van der Waals surface area contributed by atoms with Crippen molar-refractivity contribution >= 4 is 17.9 Å². The van der Waals surface area contributed by atoms with Crippen molar-refractivity contribution in [3.63, 3.8) is 0 Å². The van der Waals surface area contributed by atoms with Gasteiger partial charge in [-0.2, -0.15) is 0 Å². The molecular weight excluding hydrogens is 534 g/mol. The molecule has 0 aromatic heterocycles. The molecule has 0 aromatic rings. The van der Waals surface area contributed by atoms with E-state index in [4.69, 9.17) is 14.2 Å². The maximum Gasteiger partial charge on any atom is 0.306 e. The summed E-state index contributed by atoms with van der Waals surface area (Å²) in [7, 11) is 5.34. The number of carbonyl (C=O) groups is 3. The molecule has 0 fully saturated rings. The number of ether oxygens (including phenoxy) is 3. The Morgan fingerprint density at radius 3 is 1.90 bits per heavy atom. The zero-order valence-corrected chi connectivity index (χ0v) is 26.9. The molecule has 0 amide bonds. The molecule has 2 unspecified atom stereocenters. The third-order valence-electron chi connectivity index (χ3n) is 6.45. The second kappa shape index (κ2) is 26.0. The highest BCUT2D eigenvalue weighted by atomic mass is 16.6. The Morgan fingerprint density at radius 1 is 0.738 bits per heavy atom. The SMILES string of the molecule is CC/C=C\C/C=C\C/C=C\C/C=C\CCCCCCC(=O)OC(COCCC(C(=O)[O-])[N+](C)(C)C)COC(=O)CCC. The van der Waals surface area contributed by atoms with Crippen LogP contribution in [0.2, 0.25) is 0 Å².